The first-order valence-electron chi connectivity index (χ1n) is 7.41. The van der Waals surface area contributed by atoms with Gasteiger partial charge in [-0.1, -0.05) is 30.3 Å². The summed E-state index contributed by atoms with van der Waals surface area (Å²) < 4.78 is 5.05. The van der Waals surface area contributed by atoms with E-state index in [4.69, 9.17) is 4.74 Å². The number of carbonyl (C=O) groups excluding carboxylic acids is 2. The van der Waals surface area contributed by atoms with Crippen LogP contribution in [0.15, 0.2) is 30.3 Å². The monoisotopic (exact) mass is 320 g/mol. The molecule has 7 nitrogen and oxygen atoms in total. The van der Waals surface area contributed by atoms with Gasteiger partial charge in [-0.15, -0.1) is 0 Å². The SMILES string of the molecule is CC(CC1CCNC1=O)(NC(=O)OCc1ccccc1)C(=O)O. The van der Waals surface area contributed by atoms with E-state index in [1.54, 1.807) is 12.1 Å². The van der Waals surface area contributed by atoms with Crippen molar-refractivity contribution in [3.8, 4) is 0 Å². The van der Waals surface area contributed by atoms with Crippen molar-refractivity contribution >= 4 is 18.0 Å². The van der Waals surface area contributed by atoms with E-state index in [9.17, 15) is 19.5 Å². The Labute approximate surface area is 134 Å². The van der Waals surface area contributed by atoms with Crippen LogP contribution in [0.4, 0.5) is 4.79 Å². The molecule has 1 aliphatic rings. The minimum atomic E-state index is -1.56. The Morgan fingerprint density at radius 3 is 2.65 bits per heavy atom. The second kappa shape index (κ2) is 7.13. The zero-order chi connectivity index (χ0) is 16.9. The Hall–Kier alpha value is -2.57. The van der Waals surface area contributed by atoms with Crippen molar-refractivity contribution in [1.82, 2.24) is 10.6 Å². The van der Waals surface area contributed by atoms with Crippen LogP contribution in [0.25, 0.3) is 0 Å². The summed E-state index contributed by atoms with van der Waals surface area (Å²) in [6.45, 7) is 1.95. The molecule has 0 bridgehead atoms. The van der Waals surface area contributed by atoms with E-state index >= 15 is 0 Å². The van der Waals surface area contributed by atoms with Crippen molar-refractivity contribution in [2.45, 2.75) is 31.9 Å². The third-order valence-corrected chi connectivity index (χ3v) is 3.88. The first kappa shape index (κ1) is 16.8. The summed E-state index contributed by atoms with van der Waals surface area (Å²) in [6.07, 6.45) is -0.242. The highest BCUT2D eigenvalue weighted by atomic mass is 16.5. The molecule has 1 fully saturated rings. The molecule has 3 N–H and O–H groups in total. The average molecular weight is 320 g/mol. The lowest BCUT2D eigenvalue weighted by Crippen LogP contribution is -2.53. The molecule has 23 heavy (non-hydrogen) atoms. The van der Waals surface area contributed by atoms with Crippen molar-refractivity contribution < 1.29 is 24.2 Å². The lowest BCUT2D eigenvalue weighted by atomic mass is 9.88. The van der Waals surface area contributed by atoms with Crippen LogP contribution >= 0.6 is 0 Å². The number of hydrogen-bond donors (Lipinski definition) is 3. The fourth-order valence-electron chi connectivity index (χ4n) is 2.51. The Kier molecular flexibility index (Phi) is 5.20. The number of carboxylic acid groups (broad SMARTS) is 1. The molecular formula is C16H20N2O5. The Morgan fingerprint density at radius 1 is 1.39 bits per heavy atom. The molecule has 1 saturated heterocycles. The topological polar surface area (TPSA) is 105 Å². The number of nitrogens with one attached hydrogen (secondary N) is 2. The minimum Gasteiger partial charge on any atom is -0.480 e. The number of amides is 2. The lowest BCUT2D eigenvalue weighted by Gasteiger charge is -2.27. The number of aliphatic carboxylic acids is 1. The van der Waals surface area contributed by atoms with Gasteiger partial charge in [0.1, 0.15) is 12.1 Å². The van der Waals surface area contributed by atoms with Gasteiger partial charge in [0.05, 0.1) is 0 Å². The van der Waals surface area contributed by atoms with E-state index in [2.05, 4.69) is 10.6 Å². The number of ether oxygens (including phenoxy) is 1. The number of alkyl carbamates (subject to hydrolysis) is 1. The molecule has 1 aromatic carbocycles. The zero-order valence-electron chi connectivity index (χ0n) is 12.9. The maximum Gasteiger partial charge on any atom is 0.408 e. The van der Waals surface area contributed by atoms with Gasteiger partial charge in [0, 0.05) is 12.5 Å². The maximum atomic E-state index is 11.9. The molecular weight excluding hydrogens is 300 g/mol. The highest BCUT2D eigenvalue weighted by molar-refractivity contribution is 5.86. The molecule has 0 aliphatic carbocycles. The standard InChI is InChI=1S/C16H20N2O5/c1-16(14(20)21,9-12-7-8-17-13(12)19)18-15(22)23-10-11-5-3-2-4-6-11/h2-6,12H,7-10H2,1H3,(H,17,19)(H,18,22)(H,20,21). The van der Waals surface area contributed by atoms with Crippen molar-refractivity contribution in [3.05, 3.63) is 35.9 Å². The zero-order valence-corrected chi connectivity index (χ0v) is 12.9. The summed E-state index contributed by atoms with van der Waals surface area (Å²) in [5, 5.41) is 14.4. The molecule has 0 aromatic heterocycles. The summed E-state index contributed by atoms with van der Waals surface area (Å²) in [6, 6.07) is 9.07. The number of carbonyl (C=O) groups is 3. The van der Waals surface area contributed by atoms with Crippen LogP contribution in [0.2, 0.25) is 0 Å². The molecule has 0 saturated carbocycles. The Bertz CT molecular complexity index is 589. The van der Waals surface area contributed by atoms with Gasteiger partial charge in [-0.2, -0.15) is 0 Å². The highest BCUT2D eigenvalue weighted by Gasteiger charge is 2.41. The predicted octanol–water partition coefficient (Wildman–Crippen LogP) is 1.28. The second-order valence-corrected chi connectivity index (χ2v) is 5.80. The third-order valence-electron chi connectivity index (χ3n) is 3.88. The summed E-state index contributed by atoms with van der Waals surface area (Å²) in [5.74, 6) is -1.81. The molecule has 7 heteroatoms. The smallest absolute Gasteiger partial charge is 0.408 e. The van der Waals surface area contributed by atoms with Gasteiger partial charge in [0.2, 0.25) is 5.91 Å². The summed E-state index contributed by atoms with van der Waals surface area (Å²) in [5.41, 5.74) is -0.755. The highest BCUT2D eigenvalue weighted by Crippen LogP contribution is 2.23. The van der Waals surface area contributed by atoms with Gasteiger partial charge in [-0.3, -0.25) is 4.79 Å². The molecule has 124 valence electrons. The number of benzene rings is 1. The summed E-state index contributed by atoms with van der Waals surface area (Å²) in [4.78, 5) is 35.0. The van der Waals surface area contributed by atoms with Crippen LogP contribution in [0.3, 0.4) is 0 Å². The van der Waals surface area contributed by atoms with E-state index in [0.717, 1.165) is 5.56 Å². The molecule has 2 rings (SSSR count). The van der Waals surface area contributed by atoms with E-state index in [-0.39, 0.29) is 18.9 Å². The van der Waals surface area contributed by atoms with Crippen molar-refractivity contribution in [2.75, 3.05) is 6.54 Å². The van der Waals surface area contributed by atoms with Crippen molar-refractivity contribution in [3.63, 3.8) is 0 Å². The molecule has 1 aliphatic heterocycles. The maximum absolute atomic E-state index is 11.9. The number of hydrogen-bond acceptors (Lipinski definition) is 4. The van der Waals surface area contributed by atoms with Gasteiger partial charge in [0.25, 0.3) is 0 Å². The molecule has 0 radical (unpaired) electrons. The third kappa shape index (κ3) is 4.45. The van der Waals surface area contributed by atoms with E-state index < -0.39 is 23.5 Å². The molecule has 0 spiro atoms. The summed E-state index contributed by atoms with van der Waals surface area (Å²) >= 11 is 0. The average Bonchev–Trinajstić information content (AvgIpc) is 2.91. The van der Waals surface area contributed by atoms with Gasteiger partial charge < -0.3 is 20.5 Å². The van der Waals surface area contributed by atoms with Crippen molar-refractivity contribution in [2.24, 2.45) is 5.92 Å². The van der Waals surface area contributed by atoms with Crippen molar-refractivity contribution in [1.29, 1.82) is 0 Å². The molecule has 1 heterocycles. The van der Waals surface area contributed by atoms with Gasteiger partial charge >= 0.3 is 12.1 Å². The largest absolute Gasteiger partial charge is 0.480 e. The van der Waals surface area contributed by atoms with Crippen LogP contribution in [-0.4, -0.2) is 35.2 Å². The molecule has 2 atom stereocenters. The first-order chi connectivity index (χ1) is 10.9. The molecule has 1 aromatic rings. The Morgan fingerprint density at radius 2 is 2.09 bits per heavy atom. The van der Waals surface area contributed by atoms with Crippen LogP contribution in [0.1, 0.15) is 25.3 Å². The van der Waals surface area contributed by atoms with Crippen LogP contribution in [0.5, 0.6) is 0 Å². The van der Waals surface area contributed by atoms with E-state index in [0.29, 0.717) is 13.0 Å². The van der Waals surface area contributed by atoms with Crippen LogP contribution in [0, 0.1) is 5.92 Å². The van der Waals surface area contributed by atoms with Crippen LogP contribution < -0.4 is 10.6 Å². The first-order valence-corrected chi connectivity index (χ1v) is 7.41. The quantitative estimate of drug-likeness (QED) is 0.732. The van der Waals surface area contributed by atoms with Gasteiger partial charge in [0.15, 0.2) is 0 Å². The predicted molar refractivity (Wildman–Crippen MR) is 81.5 cm³/mol. The summed E-state index contributed by atoms with van der Waals surface area (Å²) in [7, 11) is 0. The van der Waals surface area contributed by atoms with E-state index in [1.807, 2.05) is 18.2 Å². The molecule has 2 unspecified atom stereocenters. The fourth-order valence-corrected chi connectivity index (χ4v) is 2.51. The van der Waals surface area contributed by atoms with Gasteiger partial charge in [-0.05, 0) is 25.3 Å². The fraction of sp³-hybridized carbons (Fsp3) is 0.438. The van der Waals surface area contributed by atoms with E-state index in [1.165, 1.54) is 6.92 Å². The second-order valence-electron chi connectivity index (χ2n) is 5.80. The Balaban J connectivity index is 1.93. The lowest BCUT2D eigenvalue weighted by molar-refractivity contribution is -0.145. The minimum absolute atomic E-state index is 0.0224. The van der Waals surface area contributed by atoms with Gasteiger partial charge in [-0.25, -0.2) is 9.59 Å². The molecule has 2 amide bonds. The van der Waals surface area contributed by atoms with Crippen LogP contribution in [-0.2, 0) is 20.9 Å². The normalized spacial score (nSPS) is 19.5. The number of rotatable bonds is 6. The number of carboxylic acids is 1.